The maximum Gasteiger partial charge on any atom is 0.417 e. The number of carbonyl (C=O) groups is 1. The molecule has 0 aromatic carbocycles. The molecule has 0 aliphatic carbocycles. The molecule has 0 aliphatic rings. The zero-order valence-corrected chi connectivity index (χ0v) is 10.4. The van der Waals surface area contributed by atoms with Crippen LogP contribution in [0.4, 0.5) is 13.2 Å². The van der Waals surface area contributed by atoms with E-state index in [1.165, 1.54) is 18.3 Å². The molecule has 0 aliphatic heterocycles. The quantitative estimate of drug-likeness (QED) is 0.761. The summed E-state index contributed by atoms with van der Waals surface area (Å²) in [6.07, 6.45) is -2.91. The standard InChI is InChI=1S/C12H6ClF3N2O2/c13-10-8(2-1-5-17-10)11(20)18-6-7(12(14,15)16)3-4-9(18)19/h1-6H. The molecule has 2 aromatic heterocycles. The van der Waals surface area contributed by atoms with Crippen molar-refractivity contribution in [2.24, 2.45) is 0 Å². The third kappa shape index (κ3) is 2.72. The van der Waals surface area contributed by atoms with Crippen molar-refractivity contribution in [3.05, 3.63) is 63.3 Å². The number of carbonyl (C=O) groups excluding carboxylic acids is 1. The van der Waals surface area contributed by atoms with Gasteiger partial charge in [0, 0.05) is 18.5 Å². The first-order valence-corrected chi connectivity index (χ1v) is 5.63. The first-order chi connectivity index (χ1) is 9.30. The van der Waals surface area contributed by atoms with Crippen LogP contribution in [0, 0.1) is 0 Å². The van der Waals surface area contributed by atoms with Gasteiger partial charge in [0.15, 0.2) is 0 Å². The second-order valence-electron chi connectivity index (χ2n) is 3.77. The smallest absolute Gasteiger partial charge is 0.269 e. The highest BCUT2D eigenvalue weighted by Crippen LogP contribution is 2.28. The molecule has 8 heteroatoms. The number of rotatable bonds is 1. The van der Waals surface area contributed by atoms with Crippen LogP contribution in [0.3, 0.4) is 0 Å². The summed E-state index contributed by atoms with van der Waals surface area (Å²) in [6, 6.07) is 3.93. The Morgan fingerprint density at radius 2 is 1.95 bits per heavy atom. The van der Waals surface area contributed by atoms with Gasteiger partial charge in [0.05, 0.1) is 11.1 Å². The summed E-state index contributed by atoms with van der Waals surface area (Å²) in [6.45, 7) is 0. The molecule has 2 aromatic rings. The van der Waals surface area contributed by atoms with Crippen LogP contribution in [0.25, 0.3) is 0 Å². The van der Waals surface area contributed by atoms with Crippen molar-refractivity contribution < 1.29 is 18.0 Å². The number of nitrogens with zero attached hydrogens (tertiary/aromatic N) is 2. The summed E-state index contributed by atoms with van der Waals surface area (Å²) in [4.78, 5) is 27.2. The lowest BCUT2D eigenvalue weighted by atomic mass is 10.2. The third-order valence-corrected chi connectivity index (χ3v) is 2.75. The van der Waals surface area contributed by atoms with E-state index in [-0.39, 0.29) is 10.7 Å². The van der Waals surface area contributed by atoms with Crippen LogP contribution in [0.2, 0.25) is 5.15 Å². The average molecular weight is 303 g/mol. The van der Waals surface area contributed by atoms with Crippen LogP contribution in [0.1, 0.15) is 15.9 Å². The highest BCUT2D eigenvalue weighted by molar-refractivity contribution is 6.32. The van der Waals surface area contributed by atoms with Crippen LogP contribution in [0.5, 0.6) is 0 Å². The summed E-state index contributed by atoms with van der Waals surface area (Å²) < 4.78 is 38.1. The highest BCUT2D eigenvalue weighted by atomic mass is 35.5. The second kappa shape index (κ2) is 5.09. The maximum absolute atomic E-state index is 12.6. The SMILES string of the molecule is O=C(c1cccnc1Cl)n1cc(C(F)(F)F)ccc1=O. The van der Waals surface area contributed by atoms with Gasteiger partial charge in [0.1, 0.15) is 5.15 Å². The highest BCUT2D eigenvalue weighted by Gasteiger charge is 2.31. The maximum atomic E-state index is 12.6. The van der Waals surface area contributed by atoms with E-state index in [1.54, 1.807) is 0 Å². The van der Waals surface area contributed by atoms with Gasteiger partial charge in [-0.15, -0.1) is 0 Å². The van der Waals surface area contributed by atoms with Crippen LogP contribution in [-0.4, -0.2) is 15.5 Å². The summed E-state index contributed by atoms with van der Waals surface area (Å²) in [7, 11) is 0. The summed E-state index contributed by atoms with van der Waals surface area (Å²) >= 11 is 5.68. The van der Waals surface area contributed by atoms with Crippen molar-refractivity contribution in [1.82, 2.24) is 9.55 Å². The van der Waals surface area contributed by atoms with Crippen molar-refractivity contribution in [1.29, 1.82) is 0 Å². The first kappa shape index (κ1) is 14.3. The van der Waals surface area contributed by atoms with Gasteiger partial charge >= 0.3 is 6.18 Å². The van der Waals surface area contributed by atoms with Gasteiger partial charge in [-0.2, -0.15) is 13.2 Å². The Kier molecular flexibility index (Phi) is 3.63. The molecule has 0 saturated carbocycles. The van der Waals surface area contributed by atoms with Crippen molar-refractivity contribution in [3.63, 3.8) is 0 Å². The molecular weight excluding hydrogens is 297 g/mol. The lowest BCUT2D eigenvalue weighted by Crippen LogP contribution is -2.28. The molecule has 0 saturated heterocycles. The number of halogens is 4. The van der Waals surface area contributed by atoms with Crippen LogP contribution in [0.15, 0.2) is 41.5 Å². The molecule has 4 nitrogen and oxygen atoms in total. The molecular formula is C12H6ClF3N2O2. The Hall–Kier alpha value is -2.15. The number of alkyl halides is 3. The third-order valence-electron chi connectivity index (χ3n) is 2.45. The minimum Gasteiger partial charge on any atom is -0.269 e. The van der Waals surface area contributed by atoms with Crippen LogP contribution in [-0.2, 0) is 6.18 Å². The zero-order valence-electron chi connectivity index (χ0n) is 9.69. The lowest BCUT2D eigenvalue weighted by molar-refractivity contribution is -0.137. The first-order valence-electron chi connectivity index (χ1n) is 5.26. The predicted octanol–water partition coefficient (Wildman–Crippen LogP) is 2.60. The Balaban J connectivity index is 2.56. The molecule has 0 unspecified atom stereocenters. The largest absolute Gasteiger partial charge is 0.417 e. The van der Waals surface area contributed by atoms with E-state index in [1.807, 2.05) is 0 Å². The average Bonchev–Trinajstić information content (AvgIpc) is 2.37. The summed E-state index contributed by atoms with van der Waals surface area (Å²) in [5, 5.41) is -0.193. The number of hydrogen-bond donors (Lipinski definition) is 0. The molecule has 2 heterocycles. The van der Waals surface area contributed by atoms with E-state index in [2.05, 4.69) is 4.98 Å². The lowest BCUT2D eigenvalue weighted by Gasteiger charge is -2.10. The molecule has 0 N–H and O–H groups in total. The van der Waals surface area contributed by atoms with Gasteiger partial charge in [-0.1, -0.05) is 11.6 Å². The van der Waals surface area contributed by atoms with Gasteiger partial charge in [0.25, 0.3) is 11.5 Å². The van der Waals surface area contributed by atoms with E-state index in [0.29, 0.717) is 22.9 Å². The topological polar surface area (TPSA) is 52.0 Å². The minimum absolute atomic E-state index is 0.157. The number of aromatic nitrogens is 2. The second-order valence-corrected chi connectivity index (χ2v) is 4.13. The Bertz CT molecular complexity index is 725. The van der Waals surface area contributed by atoms with E-state index in [9.17, 15) is 22.8 Å². The van der Waals surface area contributed by atoms with E-state index in [0.717, 1.165) is 0 Å². The molecule has 0 amide bonds. The van der Waals surface area contributed by atoms with Gasteiger partial charge in [-0.3, -0.25) is 9.59 Å². The number of hydrogen-bond acceptors (Lipinski definition) is 3. The van der Waals surface area contributed by atoms with Crippen molar-refractivity contribution in [3.8, 4) is 0 Å². The van der Waals surface area contributed by atoms with E-state index in [4.69, 9.17) is 11.6 Å². The van der Waals surface area contributed by atoms with Gasteiger partial charge < -0.3 is 0 Å². The minimum atomic E-state index is -4.66. The Labute approximate surface area is 115 Å². The van der Waals surface area contributed by atoms with E-state index >= 15 is 0 Å². The van der Waals surface area contributed by atoms with Crippen LogP contribution < -0.4 is 5.56 Å². The normalized spacial score (nSPS) is 11.4. The van der Waals surface area contributed by atoms with Crippen molar-refractivity contribution in [2.45, 2.75) is 6.18 Å². The van der Waals surface area contributed by atoms with Crippen LogP contribution >= 0.6 is 11.6 Å². The van der Waals surface area contributed by atoms with E-state index < -0.39 is 23.2 Å². The molecule has 0 radical (unpaired) electrons. The molecule has 0 fully saturated rings. The molecule has 20 heavy (non-hydrogen) atoms. The Morgan fingerprint density at radius 1 is 1.25 bits per heavy atom. The molecule has 0 bridgehead atoms. The fraction of sp³-hybridized carbons (Fsp3) is 0.0833. The fourth-order valence-corrected chi connectivity index (χ4v) is 1.69. The van der Waals surface area contributed by atoms with Gasteiger partial charge in [0.2, 0.25) is 0 Å². The molecule has 0 spiro atoms. The fourth-order valence-electron chi connectivity index (χ4n) is 1.49. The zero-order chi connectivity index (χ0) is 14.9. The Morgan fingerprint density at radius 3 is 2.55 bits per heavy atom. The summed E-state index contributed by atoms with van der Waals surface area (Å²) in [5.74, 6) is -0.973. The monoisotopic (exact) mass is 302 g/mol. The van der Waals surface area contributed by atoms with Crippen molar-refractivity contribution in [2.75, 3.05) is 0 Å². The van der Waals surface area contributed by atoms with Crippen molar-refractivity contribution >= 4 is 17.5 Å². The number of pyridine rings is 2. The molecule has 104 valence electrons. The predicted molar refractivity (Wildman–Crippen MR) is 64.7 cm³/mol. The molecule has 0 atom stereocenters. The molecule has 2 rings (SSSR count). The van der Waals surface area contributed by atoms with Gasteiger partial charge in [-0.25, -0.2) is 9.55 Å². The van der Waals surface area contributed by atoms with Gasteiger partial charge in [-0.05, 0) is 18.2 Å². The summed E-state index contributed by atoms with van der Waals surface area (Å²) in [5.41, 5.74) is -2.15.